The molecule has 9 fully saturated rings. The average Bonchev–Trinajstić information content (AvgIpc) is 3.84. The summed E-state index contributed by atoms with van der Waals surface area (Å²) in [4.78, 5) is 87.0. The smallest absolute Gasteiger partial charge is 0.324 e. The van der Waals surface area contributed by atoms with Crippen LogP contribution in [0.5, 0.6) is 0 Å². The molecule has 5 saturated heterocycles. The van der Waals surface area contributed by atoms with Gasteiger partial charge in [0, 0.05) is 11.8 Å². The SMILES string of the molecule is O=P(O)(O)C1C2C3NC4NC(NC5NC(NC6NC(NC(N3)C2C(P(=O)(O)O)C(P(=O)(O)O)C1P(=O)(O)O)C1CCCCC61)C1CCCCC51)C1CCCCC41. The Balaban J connectivity index is 1.18. The van der Waals surface area contributed by atoms with Crippen molar-refractivity contribution in [2.45, 2.75) is 149 Å². The Morgan fingerprint density at radius 3 is 0.661 bits per heavy atom. The molecule has 0 aromatic rings. The van der Waals surface area contributed by atoms with Crippen LogP contribution in [0.3, 0.4) is 0 Å². The second-order valence-electron chi connectivity index (χ2n) is 18.5. The lowest BCUT2D eigenvalue weighted by Gasteiger charge is -2.51. The lowest BCUT2D eigenvalue weighted by atomic mass is 9.75. The third-order valence-electron chi connectivity index (χ3n) is 15.7. The molecule has 0 aromatic carbocycles. The van der Waals surface area contributed by atoms with Gasteiger partial charge in [-0.15, -0.1) is 0 Å². The minimum absolute atomic E-state index is 0.0235. The maximum absolute atomic E-state index is 13.7. The Labute approximate surface area is 326 Å². The van der Waals surface area contributed by atoms with Gasteiger partial charge in [0.05, 0.1) is 72.0 Å². The number of fused-ring (bicyclic) bond motifs is 20. The summed E-state index contributed by atoms with van der Waals surface area (Å²) in [5, 5.41) is 29.7. The van der Waals surface area contributed by atoms with Gasteiger partial charge in [-0.25, -0.2) is 0 Å². The number of hydrogen-bond donors (Lipinski definition) is 16. The van der Waals surface area contributed by atoms with Gasteiger partial charge in [-0.1, -0.05) is 38.5 Å². The van der Waals surface area contributed by atoms with E-state index in [0.29, 0.717) is 11.8 Å². The molecule has 9 rings (SSSR count). The van der Waals surface area contributed by atoms with Crippen LogP contribution in [-0.4, -0.2) is 111 Å². The van der Waals surface area contributed by atoms with Gasteiger partial charge in [0.1, 0.15) is 0 Å². The molecule has 9 aliphatic rings. The van der Waals surface area contributed by atoms with E-state index in [-0.39, 0.29) is 48.3 Å². The van der Waals surface area contributed by atoms with Crippen LogP contribution in [0.1, 0.15) is 77.0 Å². The van der Waals surface area contributed by atoms with Crippen LogP contribution in [0.4, 0.5) is 0 Å². The van der Waals surface area contributed by atoms with E-state index >= 15 is 0 Å². The van der Waals surface area contributed by atoms with Crippen LogP contribution in [0.15, 0.2) is 0 Å². The molecule has 56 heavy (non-hydrogen) atoms. The van der Waals surface area contributed by atoms with E-state index in [1.165, 1.54) is 0 Å². The van der Waals surface area contributed by atoms with E-state index in [0.717, 1.165) is 77.0 Å². The lowest BCUT2D eigenvalue weighted by molar-refractivity contribution is 0.149. The van der Waals surface area contributed by atoms with E-state index in [4.69, 9.17) is 0 Å². The fourth-order valence-electron chi connectivity index (χ4n) is 13.7. The van der Waals surface area contributed by atoms with Crippen molar-refractivity contribution in [3.8, 4) is 0 Å². The fraction of sp³-hybridized carbons (Fsp3) is 1.00. The van der Waals surface area contributed by atoms with Crippen molar-refractivity contribution in [3.63, 3.8) is 0 Å². The first-order valence-corrected chi connectivity index (χ1v) is 27.3. The lowest BCUT2D eigenvalue weighted by Crippen LogP contribution is -2.63. The van der Waals surface area contributed by atoms with Crippen LogP contribution in [-0.2, 0) is 18.3 Å². The van der Waals surface area contributed by atoms with E-state index < -0.39 is 89.5 Å². The first kappa shape index (κ1) is 41.6. The first-order valence-electron chi connectivity index (χ1n) is 20.6. The summed E-state index contributed by atoms with van der Waals surface area (Å²) in [7, 11) is -23.0. The zero-order valence-corrected chi connectivity index (χ0v) is 34.6. The van der Waals surface area contributed by atoms with Gasteiger partial charge < -0.3 is 39.1 Å². The van der Waals surface area contributed by atoms with Gasteiger partial charge in [-0.2, -0.15) is 0 Å². The molecule has 8 bridgehead atoms. The number of rotatable bonds is 4. The van der Waals surface area contributed by atoms with E-state index in [2.05, 4.69) is 42.5 Å². The standard InChI is InChI=1S/C32H60N8O12P4/c41-53(42,43)21-19-20(22(54(44,45)46)24(56(50,51)52)23(21)55(47,48)49)32-39-30-18-12-6-4-10-16(18)28(37-30)35-26-14-8-2-1-7-13(14)25(33-26)34-27-15-9-3-5-11-17(15)29(36-27)38-31(19)40-32/h13-40H,1-12H2,(H2,41,42,43)(H2,44,45,46)(H2,47,48,49)(H2,50,51,52). The number of nitrogens with one attached hydrogen (secondary N) is 8. The van der Waals surface area contributed by atoms with Crippen molar-refractivity contribution in [3.05, 3.63) is 0 Å². The summed E-state index contributed by atoms with van der Waals surface area (Å²) >= 11 is 0. The minimum Gasteiger partial charge on any atom is -0.324 e. The van der Waals surface area contributed by atoms with E-state index in [1.54, 1.807) is 0 Å². The third-order valence-corrected chi connectivity index (χ3v) is 22.1. The molecule has 5 aliphatic heterocycles. The third kappa shape index (κ3) is 7.30. The molecule has 0 radical (unpaired) electrons. The Kier molecular flexibility index (Phi) is 11.1. The highest BCUT2D eigenvalue weighted by Crippen LogP contribution is 2.73. The molecule has 0 amide bonds. The second-order valence-corrected chi connectivity index (χ2v) is 25.6. The molecular weight excluding hydrogens is 812 g/mol. The molecular formula is C32H60N8O12P4. The average molecular weight is 873 g/mol. The van der Waals surface area contributed by atoms with Gasteiger partial charge in [0.15, 0.2) is 0 Å². The molecule has 0 spiro atoms. The van der Waals surface area contributed by atoms with E-state index in [1.807, 2.05) is 0 Å². The van der Waals surface area contributed by atoms with Gasteiger partial charge in [-0.05, 0) is 74.0 Å². The molecule has 20 unspecified atom stereocenters. The van der Waals surface area contributed by atoms with Gasteiger partial charge >= 0.3 is 30.4 Å². The molecule has 4 saturated carbocycles. The highest BCUT2D eigenvalue weighted by molar-refractivity contribution is 7.61. The van der Waals surface area contributed by atoms with Crippen LogP contribution in [0.25, 0.3) is 0 Å². The number of hydrogen-bond acceptors (Lipinski definition) is 12. The summed E-state index contributed by atoms with van der Waals surface area (Å²) in [5.41, 5.74) is -10.2. The largest absolute Gasteiger partial charge is 0.330 e. The summed E-state index contributed by atoms with van der Waals surface area (Å²) in [5.74, 6) is -1.90. The van der Waals surface area contributed by atoms with Crippen molar-refractivity contribution in [2.24, 2.45) is 47.3 Å². The molecule has 0 aromatic heterocycles. The van der Waals surface area contributed by atoms with Crippen LogP contribution in [0, 0.1) is 47.3 Å². The van der Waals surface area contributed by atoms with Gasteiger partial charge in [-0.3, -0.25) is 60.8 Å². The predicted molar refractivity (Wildman–Crippen MR) is 202 cm³/mol. The molecule has 20 nitrogen and oxygen atoms in total. The van der Waals surface area contributed by atoms with Crippen molar-refractivity contribution >= 4 is 30.4 Å². The summed E-state index contributed by atoms with van der Waals surface area (Å²) in [6.07, 6.45) is 8.41. The predicted octanol–water partition coefficient (Wildman–Crippen LogP) is -0.770. The Morgan fingerprint density at radius 1 is 0.286 bits per heavy atom. The quantitative estimate of drug-likeness (QED) is 0.154. The first-order chi connectivity index (χ1) is 26.3. The Hall–Kier alpha value is 0.280. The molecule has 4 aliphatic carbocycles. The van der Waals surface area contributed by atoms with E-state index in [9.17, 15) is 57.4 Å². The van der Waals surface area contributed by atoms with Crippen molar-refractivity contribution in [1.29, 1.82) is 0 Å². The highest BCUT2D eigenvalue weighted by atomic mass is 31.2. The zero-order valence-electron chi connectivity index (χ0n) is 31.0. The molecule has 320 valence electrons. The van der Waals surface area contributed by atoms with Crippen LogP contribution >= 0.6 is 30.4 Å². The normalized spacial score (nSPS) is 51.1. The molecule has 20 atom stereocenters. The Morgan fingerprint density at radius 2 is 0.464 bits per heavy atom. The van der Waals surface area contributed by atoms with Gasteiger partial charge in [0.2, 0.25) is 0 Å². The second kappa shape index (κ2) is 15.0. The minimum atomic E-state index is -5.86. The fourth-order valence-corrected chi connectivity index (χ4v) is 22.3. The van der Waals surface area contributed by atoms with Gasteiger partial charge in [0.25, 0.3) is 0 Å². The van der Waals surface area contributed by atoms with Crippen LogP contribution in [0.2, 0.25) is 0 Å². The zero-order chi connectivity index (χ0) is 39.7. The van der Waals surface area contributed by atoms with Crippen molar-refractivity contribution < 1.29 is 57.4 Å². The summed E-state index contributed by atoms with van der Waals surface area (Å²) < 4.78 is 54.0. The van der Waals surface area contributed by atoms with Crippen LogP contribution < -0.4 is 42.5 Å². The highest BCUT2D eigenvalue weighted by Gasteiger charge is 2.73. The molecule has 16 N–H and O–H groups in total. The maximum Gasteiger partial charge on any atom is 0.330 e. The monoisotopic (exact) mass is 872 g/mol. The summed E-state index contributed by atoms with van der Waals surface area (Å²) in [6.45, 7) is 0. The Bertz CT molecular complexity index is 1580. The summed E-state index contributed by atoms with van der Waals surface area (Å²) in [6, 6.07) is 0. The molecule has 24 heteroatoms. The molecule has 5 heterocycles. The topological polar surface area (TPSA) is 326 Å². The van der Waals surface area contributed by atoms with Crippen molar-refractivity contribution in [1.82, 2.24) is 42.5 Å². The maximum atomic E-state index is 13.7. The van der Waals surface area contributed by atoms with Crippen molar-refractivity contribution in [2.75, 3.05) is 0 Å².